The number of amidine groups is 1. The molecule has 2 heterocycles. The van der Waals surface area contributed by atoms with E-state index in [-0.39, 0.29) is 6.10 Å². The van der Waals surface area contributed by atoms with Gasteiger partial charge in [-0.05, 0) is 61.8 Å². The molecule has 1 aliphatic heterocycles. The number of alkyl halides is 3. The first-order valence-electron chi connectivity index (χ1n) is 12.0. The zero-order valence-corrected chi connectivity index (χ0v) is 22.5. The average Bonchev–Trinajstić information content (AvgIpc) is 2.88. The van der Waals surface area contributed by atoms with Crippen LogP contribution in [-0.4, -0.2) is 54.7 Å². The predicted octanol–water partition coefficient (Wildman–Crippen LogP) is 5.33. The number of hydrogen-bond acceptors (Lipinski definition) is 8. The van der Waals surface area contributed by atoms with Crippen molar-refractivity contribution in [1.82, 2.24) is 9.97 Å². The Morgan fingerprint density at radius 2 is 1.90 bits per heavy atom. The van der Waals surface area contributed by atoms with E-state index in [1.807, 2.05) is 4.90 Å². The molecule has 9 nitrogen and oxygen atoms in total. The first kappa shape index (κ1) is 28.8. The third-order valence-corrected chi connectivity index (χ3v) is 6.60. The number of anilines is 2. The highest BCUT2D eigenvalue weighted by Crippen LogP contribution is 2.33. The first-order valence-corrected chi connectivity index (χ1v) is 12.8. The van der Waals surface area contributed by atoms with Crippen molar-refractivity contribution in [3.63, 3.8) is 0 Å². The summed E-state index contributed by atoms with van der Waals surface area (Å²) in [6.07, 6.45) is -2.96. The topological polar surface area (TPSA) is 118 Å². The number of aromatic nitrogens is 2. The van der Waals surface area contributed by atoms with Crippen molar-refractivity contribution >= 4 is 47.5 Å². The van der Waals surface area contributed by atoms with Crippen LogP contribution in [0.2, 0.25) is 0 Å². The molecule has 4 rings (SSSR count). The minimum Gasteiger partial charge on any atom is -0.402 e. The average molecular weight is 570 g/mol. The van der Waals surface area contributed by atoms with Crippen molar-refractivity contribution in [3.8, 4) is 0 Å². The van der Waals surface area contributed by atoms with E-state index in [4.69, 9.17) is 10.5 Å². The lowest BCUT2D eigenvalue weighted by Gasteiger charge is -2.39. The highest BCUT2D eigenvalue weighted by atomic mass is 32.2. The van der Waals surface area contributed by atoms with Crippen LogP contribution in [0.4, 0.5) is 30.5 Å². The normalized spacial score (nSPS) is 14.6. The number of ether oxygens (including phenoxy) is 1. The van der Waals surface area contributed by atoms with Gasteiger partial charge in [-0.1, -0.05) is 12.1 Å². The number of benzene rings is 2. The molecule has 208 valence electrons. The zero-order valence-electron chi connectivity index (χ0n) is 21.6. The molecule has 0 radical (unpaired) electrons. The smallest absolute Gasteiger partial charge is 0.402 e. The number of halogens is 3. The largest absolute Gasteiger partial charge is 0.417 e. The second-order valence-corrected chi connectivity index (χ2v) is 9.81. The second-order valence-electron chi connectivity index (χ2n) is 8.77. The SMILES string of the molecule is C=NC(C=C(C)N)=Nc1cc(N2CC(OC)C2)nc(Sc2ccc(NC(=O)c3ccccc3C(F)(F)F)cc2)n1. The van der Waals surface area contributed by atoms with Crippen molar-refractivity contribution in [1.29, 1.82) is 0 Å². The summed E-state index contributed by atoms with van der Waals surface area (Å²) in [7, 11) is 1.66. The van der Waals surface area contributed by atoms with Crippen LogP contribution in [0.3, 0.4) is 0 Å². The number of nitrogens with zero attached hydrogens (tertiary/aromatic N) is 5. The Balaban J connectivity index is 1.54. The quantitative estimate of drug-likeness (QED) is 0.214. The van der Waals surface area contributed by atoms with E-state index in [0.29, 0.717) is 47.1 Å². The van der Waals surface area contributed by atoms with Crippen LogP contribution < -0.4 is 16.0 Å². The monoisotopic (exact) mass is 569 g/mol. The number of nitrogens with one attached hydrogen (secondary N) is 1. The van der Waals surface area contributed by atoms with Crippen molar-refractivity contribution in [2.45, 2.75) is 29.3 Å². The van der Waals surface area contributed by atoms with E-state index in [0.717, 1.165) is 17.0 Å². The molecule has 0 saturated carbocycles. The minimum atomic E-state index is -4.64. The maximum atomic E-state index is 13.3. The Hall–Kier alpha value is -4.23. The van der Waals surface area contributed by atoms with Crippen molar-refractivity contribution in [2.75, 3.05) is 30.4 Å². The molecule has 0 atom stereocenters. The molecule has 3 N–H and O–H groups in total. The van der Waals surface area contributed by atoms with Gasteiger partial charge in [0.1, 0.15) is 5.82 Å². The number of nitrogens with two attached hydrogens (primary N) is 1. The molecule has 0 aliphatic carbocycles. The van der Waals surface area contributed by atoms with Crippen LogP contribution in [-0.2, 0) is 10.9 Å². The Morgan fingerprint density at radius 3 is 2.52 bits per heavy atom. The number of carbonyl (C=O) groups is 1. The molecular weight excluding hydrogens is 543 g/mol. The molecule has 40 heavy (non-hydrogen) atoms. The summed E-state index contributed by atoms with van der Waals surface area (Å²) < 4.78 is 45.2. The van der Waals surface area contributed by atoms with Gasteiger partial charge in [-0.25, -0.2) is 20.0 Å². The summed E-state index contributed by atoms with van der Waals surface area (Å²) in [4.78, 5) is 32.8. The summed E-state index contributed by atoms with van der Waals surface area (Å²) in [5.74, 6) is 0.462. The van der Waals surface area contributed by atoms with Crippen LogP contribution >= 0.6 is 11.8 Å². The standard InChI is InChI=1S/C27H26F3N7O2S/c1-16(31)12-22(32-2)34-23-13-24(37-14-18(15-37)39-3)36-26(35-23)40-19-10-8-17(9-11-19)33-25(38)20-6-4-5-7-21(20)27(28,29)30/h4-13,18H,2,14-15,31H2,1,3H3,(H,33,38). The molecule has 0 spiro atoms. The third-order valence-electron chi connectivity index (χ3n) is 5.73. The zero-order chi connectivity index (χ0) is 28.9. The van der Waals surface area contributed by atoms with Gasteiger partial charge in [-0.15, -0.1) is 0 Å². The molecule has 3 aromatic rings. The Bertz CT molecular complexity index is 1450. The Morgan fingerprint density at radius 1 is 1.20 bits per heavy atom. The summed E-state index contributed by atoms with van der Waals surface area (Å²) in [6.45, 7) is 6.57. The summed E-state index contributed by atoms with van der Waals surface area (Å²) >= 11 is 1.26. The van der Waals surface area contributed by atoms with E-state index in [2.05, 4.69) is 32.0 Å². The Kier molecular flexibility index (Phi) is 8.85. The molecule has 0 bridgehead atoms. The molecule has 2 aromatic carbocycles. The molecule has 1 saturated heterocycles. The van der Waals surface area contributed by atoms with Gasteiger partial charge in [-0.3, -0.25) is 4.79 Å². The van der Waals surface area contributed by atoms with Gasteiger partial charge in [0.05, 0.1) is 17.2 Å². The lowest BCUT2D eigenvalue weighted by atomic mass is 10.1. The molecule has 1 aromatic heterocycles. The van der Waals surface area contributed by atoms with E-state index in [1.165, 1.54) is 23.9 Å². The highest BCUT2D eigenvalue weighted by molar-refractivity contribution is 7.99. The van der Waals surface area contributed by atoms with Crippen LogP contribution in [0, 0.1) is 0 Å². The molecule has 1 fully saturated rings. The number of aliphatic imine (C=N–C) groups is 2. The fourth-order valence-corrected chi connectivity index (χ4v) is 4.47. The summed E-state index contributed by atoms with van der Waals surface area (Å²) in [5, 5.41) is 2.92. The van der Waals surface area contributed by atoms with Crippen LogP contribution in [0.25, 0.3) is 0 Å². The van der Waals surface area contributed by atoms with Gasteiger partial charge in [0.25, 0.3) is 5.91 Å². The molecule has 1 aliphatic rings. The van der Waals surface area contributed by atoms with Crippen LogP contribution in [0.15, 0.2) is 86.4 Å². The predicted molar refractivity (Wildman–Crippen MR) is 150 cm³/mol. The number of amides is 1. The fourth-order valence-electron chi connectivity index (χ4n) is 3.71. The molecular formula is C27H26F3N7O2S. The van der Waals surface area contributed by atoms with E-state index in [1.54, 1.807) is 50.4 Å². The van der Waals surface area contributed by atoms with Crippen molar-refractivity contribution < 1.29 is 22.7 Å². The molecule has 13 heteroatoms. The fraction of sp³-hybridized carbons (Fsp3) is 0.222. The van der Waals surface area contributed by atoms with E-state index < -0.39 is 23.2 Å². The lowest BCUT2D eigenvalue weighted by molar-refractivity contribution is -0.137. The number of carbonyl (C=O) groups excluding carboxylic acids is 1. The van der Waals surface area contributed by atoms with Crippen LogP contribution in [0.1, 0.15) is 22.8 Å². The van der Waals surface area contributed by atoms with E-state index >= 15 is 0 Å². The number of rotatable bonds is 8. The maximum Gasteiger partial charge on any atom is 0.417 e. The Labute approximate surface area is 233 Å². The van der Waals surface area contributed by atoms with Gasteiger partial charge >= 0.3 is 6.18 Å². The van der Waals surface area contributed by atoms with Crippen molar-refractivity contribution in [3.05, 3.63) is 77.5 Å². The summed E-state index contributed by atoms with van der Waals surface area (Å²) in [6, 6.07) is 13.0. The highest BCUT2D eigenvalue weighted by Gasteiger charge is 2.35. The minimum absolute atomic E-state index is 0.108. The molecule has 1 amide bonds. The number of methoxy groups -OCH3 is 1. The van der Waals surface area contributed by atoms with Gasteiger partial charge in [0.15, 0.2) is 16.8 Å². The van der Waals surface area contributed by atoms with Gasteiger partial charge < -0.3 is 20.7 Å². The molecule has 0 unspecified atom stereocenters. The van der Waals surface area contributed by atoms with E-state index in [9.17, 15) is 18.0 Å². The summed E-state index contributed by atoms with van der Waals surface area (Å²) in [5.41, 5.74) is 5.14. The van der Waals surface area contributed by atoms with Crippen molar-refractivity contribution in [2.24, 2.45) is 15.7 Å². The lowest BCUT2D eigenvalue weighted by Crippen LogP contribution is -2.52. The number of hydrogen-bond donors (Lipinski definition) is 2. The van der Waals surface area contributed by atoms with Crippen LogP contribution in [0.5, 0.6) is 0 Å². The van der Waals surface area contributed by atoms with Gasteiger partial charge in [-0.2, -0.15) is 13.2 Å². The van der Waals surface area contributed by atoms with Gasteiger partial charge in [0, 0.05) is 48.6 Å². The third kappa shape index (κ3) is 7.24. The second kappa shape index (κ2) is 12.3. The maximum absolute atomic E-state index is 13.3. The van der Waals surface area contributed by atoms with Gasteiger partial charge in [0.2, 0.25) is 0 Å². The number of allylic oxidation sites excluding steroid dienone is 1. The first-order chi connectivity index (χ1) is 19.0.